The first kappa shape index (κ1) is 23.5. The van der Waals surface area contributed by atoms with Gasteiger partial charge in [0.05, 0.1) is 12.2 Å². The van der Waals surface area contributed by atoms with E-state index in [-0.39, 0.29) is 15.2 Å². The highest BCUT2D eigenvalue weighted by Crippen LogP contribution is 2.06. The summed E-state index contributed by atoms with van der Waals surface area (Å²) in [6.07, 6.45) is 7.03. The van der Waals surface area contributed by atoms with Crippen molar-refractivity contribution in [2.45, 2.75) is 20.8 Å². The van der Waals surface area contributed by atoms with E-state index in [0.29, 0.717) is 17.7 Å². The summed E-state index contributed by atoms with van der Waals surface area (Å²) in [6, 6.07) is 14.8. The molecule has 156 valence electrons. The first-order chi connectivity index (χ1) is 14.2. The highest BCUT2D eigenvalue weighted by molar-refractivity contribution is 7.79. The van der Waals surface area contributed by atoms with Crippen LogP contribution in [0.5, 0.6) is 0 Å². The van der Waals surface area contributed by atoms with Crippen LogP contribution in [0, 0.1) is 26.7 Å². The molecule has 0 aliphatic carbocycles. The molecule has 5 heteroatoms. The number of carbonyl (C=O) groups excluding carboxylic acids is 2. The molecule has 0 amide bonds. The molecule has 2 rings (SSSR count). The first-order valence-corrected chi connectivity index (χ1v) is 8.85. The van der Waals surface area contributed by atoms with Gasteiger partial charge in [0, 0.05) is 18.3 Å². The van der Waals surface area contributed by atoms with Gasteiger partial charge in [-0.2, -0.15) is 12.6 Å². The van der Waals surface area contributed by atoms with Crippen molar-refractivity contribution in [1.29, 1.82) is 0 Å². The zero-order chi connectivity index (χ0) is 23.5. The average Bonchev–Trinajstić information content (AvgIpc) is 2.72. The van der Waals surface area contributed by atoms with Crippen LogP contribution in [0.2, 0.25) is 0 Å². The van der Waals surface area contributed by atoms with Gasteiger partial charge in [0.15, 0.2) is 5.78 Å². The SMILES string of the molecule is C#C.COCCOC(=O)c1ccc(C(C)=O)cc1.Cc1ccc(C)cc1.[2H]C([3H])S.[HH].[HH]. The van der Waals surface area contributed by atoms with Crippen molar-refractivity contribution >= 4 is 24.4 Å². The number of thiol groups is 1. The molecule has 0 fully saturated rings. The number of terminal acetylenes is 1. The van der Waals surface area contributed by atoms with Crippen molar-refractivity contribution in [3.05, 3.63) is 70.8 Å². The lowest BCUT2D eigenvalue weighted by Crippen LogP contribution is -2.10. The summed E-state index contributed by atoms with van der Waals surface area (Å²) < 4.78 is 21.9. The number of hydrogen-bond acceptors (Lipinski definition) is 5. The molecule has 0 radical (unpaired) electrons. The summed E-state index contributed by atoms with van der Waals surface area (Å²) in [6.45, 7) is 6.27. The molecule has 1 unspecified atom stereocenters. The van der Waals surface area contributed by atoms with Crippen molar-refractivity contribution in [3.63, 3.8) is 0 Å². The van der Waals surface area contributed by atoms with E-state index in [4.69, 9.17) is 12.2 Å². The third-order valence-corrected chi connectivity index (χ3v) is 3.27. The molecule has 28 heavy (non-hydrogen) atoms. The maximum Gasteiger partial charge on any atom is 0.338 e. The lowest BCUT2D eigenvalue weighted by Gasteiger charge is -2.04. The third kappa shape index (κ3) is 12.7. The van der Waals surface area contributed by atoms with E-state index in [1.807, 2.05) is 0 Å². The molecule has 0 saturated carbocycles. The number of benzene rings is 2. The Labute approximate surface area is 180 Å². The molecular formula is C23H34O4S. The molecule has 0 saturated heterocycles. The number of methoxy groups -OCH3 is 1. The lowest BCUT2D eigenvalue weighted by molar-refractivity contribution is 0.0388. The fraction of sp³-hybridized carbons (Fsp3) is 0.304. The molecule has 2 aromatic rings. The molecule has 0 N–H and O–H groups in total. The van der Waals surface area contributed by atoms with Gasteiger partial charge in [-0.1, -0.05) is 47.5 Å². The normalized spacial score (nSPS) is 10.7. The molecule has 0 bridgehead atoms. The maximum atomic E-state index is 11.4. The summed E-state index contributed by atoms with van der Waals surface area (Å²) in [7, 11) is 1.54. The molecule has 0 aromatic heterocycles. The summed E-state index contributed by atoms with van der Waals surface area (Å²) in [5.41, 5.74) is 3.67. The van der Waals surface area contributed by atoms with Gasteiger partial charge in [-0.15, -0.1) is 12.8 Å². The fourth-order valence-electron chi connectivity index (χ4n) is 1.78. The topological polar surface area (TPSA) is 52.6 Å². The minimum Gasteiger partial charge on any atom is -0.460 e. The van der Waals surface area contributed by atoms with E-state index < -0.39 is 12.2 Å². The number of Topliss-reactive ketones (excluding diaryl/α,β-unsaturated/α-hetero) is 1. The Morgan fingerprint density at radius 2 is 1.43 bits per heavy atom. The van der Waals surface area contributed by atoms with Crippen LogP contribution in [0.25, 0.3) is 0 Å². The molecular weight excluding hydrogens is 372 g/mol. The number of hydrogen-bond donors (Lipinski definition) is 1. The minimum atomic E-state index is -0.972. The molecule has 0 aliphatic heterocycles. The van der Waals surface area contributed by atoms with Crippen molar-refractivity contribution in [1.82, 2.24) is 0 Å². The zero-order valence-electron chi connectivity index (χ0n) is 18.8. The van der Waals surface area contributed by atoms with Crippen molar-refractivity contribution in [2.75, 3.05) is 26.5 Å². The van der Waals surface area contributed by atoms with Gasteiger partial charge in [-0.25, -0.2) is 4.79 Å². The lowest BCUT2D eigenvalue weighted by atomic mass is 10.1. The summed E-state index contributed by atoms with van der Waals surface area (Å²) in [5, 5.41) is 0. The zero-order valence-corrected chi connectivity index (χ0v) is 17.7. The van der Waals surface area contributed by atoms with Gasteiger partial charge in [0.2, 0.25) is 0 Å². The van der Waals surface area contributed by atoms with E-state index >= 15 is 0 Å². The minimum absolute atomic E-state index is 0. The van der Waals surface area contributed by atoms with Crippen LogP contribution in [-0.2, 0) is 9.47 Å². The second-order valence-corrected chi connectivity index (χ2v) is 5.42. The van der Waals surface area contributed by atoms with Gasteiger partial charge in [0.1, 0.15) is 6.61 Å². The molecule has 2 aromatic carbocycles. The van der Waals surface area contributed by atoms with Gasteiger partial charge < -0.3 is 9.47 Å². The third-order valence-electron chi connectivity index (χ3n) is 3.27. The number of rotatable bonds is 5. The summed E-state index contributed by atoms with van der Waals surface area (Å²) in [4.78, 5) is 22.4. The van der Waals surface area contributed by atoms with Crippen LogP contribution in [0.4, 0.5) is 0 Å². The fourth-order valence-corrected chi connectivity index (χ4v) is 1.78. The number of carbonyl (C=O) groups is 2. The van der Waals surface area contributed by atoms with Crippen LogP contribution >= 0.6 is 12.6 Å². The number of esters is 1. The van der Waals surface area contributed by atoms with Crippen molar-refractivity contribution in [2.24, 2.45) is 0 Å². The van der Waals surface area contributed by atoms with Crippen molar-refractivity contribution in [3.8, 4) is 12.8 Å². The van der Waals surface area contributed by atoms with E-state index in [0.717, 1.165) is 0 Å². The van der Waals surface area contributed by atoms with Crippen LogP contribution in [-0.4, -0.2) is 38.3 Å². The second-order valence-electron chi connectivity index (χ2n) is 5.42. The number of ether oxygens (including phenoxy) is 2. The highest BCUT2D eigenvalue weighted by Gasteiger charge is 2.07. The Bertz CT molecular complexity index is 725. The van der Waals surface area contributed by atoms with Crippen molar-refractivity contribution < 1.29 is 24.7 Å². The standard InChI is InChI=1S/C12H14O4.C8H10.C2H2.CH4S.2H2/c1-9(13)10-3-5-11(6-4-10)12(14)16-8-7-15-2;1-7-3-5-8(2)6-4-7;2*1-2;;/h3-6H,7-8H2,1-2H3;3-6H,1-2H3;1-2H;2H,1H3;2*1H/i;;;1TD;;. The Morgan fingerprint density at radius 1 is 1.04 bits per heavy atom. The Balaban J connectivity index is -0.000000206. The van der Waals surface area contributed by atoms with Gasteiger partial charge >= 0.3 is 5.97 Å². The average molecular weight is 410 g/mol. The quantitative estimate of drug-likeness (QED) is 0.240. The Kier molecular flexibility index (Phi) is 15.0. The van der Waals surface area contributed by atoms with Crippen LogP contribution in [0.1, 0.15) is 44.4 Å². The first-order valence-electron chi connectivity index (χ1n) is 9.49. The predicted octanol–water partition coefficient (Wildman–Crippen LogP) is 5.28. The van der Waals surface area contributed by atoms with E-state index in [2.05, 4.69) is 63.6 Å². The summed E-state index contributed by atoms with van der Waals surface area (Å²) >= 11 is 3.30. The number of ketones is 1. The monoisotopic (exact) mass is 409 g/mol. The van der Waals surface area contributed by atoms with Gasteiger partial charge in [0.25, 0.3) is 0 Å². The smallest absolute Gasteiger partial charge is 0.338 e. The van der Waals surface area contributed by atoms with Gasteiger partial charge in [-0.05, 0) is 39.1 Å². The Hall–Kier alpha value is -2.55. The molecule has 0 heterocycles. The Morgan fingerprint density at radius 3 is 1.79 bits per heavy atom. The van der Waals surface area contributed by atoms with Crippen LogP contribution < -0.4 is 0 Å². The molecule has 1 atom stereocenters. The van der Waals surface area contributed by atoms with E-state index in [1.165, 1.54) is 25.2 Å². The largest absolute Gasteiger partial charge is 0.460 e. The van der Waals surface area contributed by atoms with E-state index in [9.17, 15) is 9.59 Å². The second kappa shape index (κ2) is 17.8. The van der Waals surface area contributed by atoms with Crippen LogP contribution in [0.3, 0.4) is 0 Å². The molecule has 4 nitrogen and oxygen atoms in total. The predicted molar refractivity (Wildman–Crippen MR) is 124 cm³/mol. The molecule has 0 spiro atoms. The number of aryl methyl sites for hydroxylation is 2. The maximum absolute atomic E-state index is 11.4. The van der Waals surface area contributed by atoms with Gasteiger partial charge in [-0.3, -0.25) is 4.79 Å². The highest BCUT2D eigenvalue weighted by atomic mass is 32.1. The molecule has 0 aliphatic rings. The van der Waals surface area contributed by atoms with E-state index in [1.54, 1.807) is 24.3 Å². The summed E-state index contributed by atoms with van der Waals surface area (Å²) in [5.74, 6) is -0.438. The van der Waals surface area contributed by atoms with Crippen LogP contribution in [0.15, 0.2) is 48.5 Å².